The van der Waals surface area contributed by atoms with Gasteiger partial charge in [-0.1, -0.05) is 18.2 Å². The maximum absolute atomic E-state index is 13.5. The Kier molecular flexibility index (Phi) is 3.82. The molecule has 2 aromatic heterocycles. The van der Waals surface area contributed by atoms with Crippen molar-refractivity contribution in [1.29, 1.82) is 0 Å². The number of hydrogen-bond acceptors (Lipinski definition) is 4. The monoisotopic (exact) mass is 353 g/mol. The average molecular weight is 354 g/mol. The number of fused-ring (bicyclic) bond motifs is 1. The van der Waals surface area contributed by atoms with Gasteiger partial charge in [0.2, 0.25) is 5.28 Å². The Bertz CT molecular complexity index is 1080. The zero-order chi connectivity index (χ0) is 17.4. The highest BCUT2D eigenvalue weighted by Gasteiger charge is 2.14. The predicted molar refractivity (Wildman–Crippen MR) is 96.1 cm³/mol. The van der Waals surface area contributed by atoms with E-state index in [2.05, 4.69) is 20.4 Å². The normalized spacial score (nSPS) is 11.0. The highest BCUT2D eigenvalue weighted by molar-refractivity contribution is 6.28. The molecule has 4 aromatic rings. The van der Waals surface area contributed by atoms with E-state index in [9.17, 15) is 4.39 Å². The Morgan fingerprint density at radius 2 is 1.92 bits per heavy atom. The van der Waals surface area contributed by atoms with E-state index in [1.54, 1.807) is 18.3 Å². The molecule has 0 saturated carbocycles. The van der Waals surface area contributed by atoms with Crippen LogP contribution in [0.5, 0.6) is 0 Å². The van der Waals surface area contributed by atoms with Crippen molar-refractivity contribution in [3.05, 3.63) is 71.4 Å². The van der Waals surface area contributed by atoms with Crippen LogP contribution in [0.3, 0.4) is 0 Å². The number of hydrogen-bond donors (Lipinski definition) is 1. The molecule has 25 heavy (non-hydrogen) atoms. The Morgan fingerprint density at radius 3 is 2.72 bits per heavy atom. The van der Waals surface area contributed by atoms with E-state index in [0.29, 0.717) is 22.5 Å². The van der Waals surface area contributed by atoms with Gasteiger partial charge in [0.25, 0.3) is 0 Å². The molecule has 0 bridgehead atoms. The number of aryl methyl sites for hydroxylation is 1. The molecule has 7 heteroatoms. The van der Waals surface area contributed by atoms with Crippen LogP contribution in [0.1, 0.15) is 5.56 Å². The lowest BCUT2D eigenvalue weighted by Gasteiger charge is -2.08. The van der Waals surface area contributed by atoms with Gasteiger partial charge in [0, 0.05) is 5.69 Å². The van der Waals surface area contributed by atoms with E-state index in [1.165, 1.54) is 16.8 Å². The van der Waals surface area contributed by atoms with Gasteiger partial charge >= 0.3 is 0 Å². The summed E-state index contributed by atoms with van der Waals surface area (Å²) in [6.45, 7) is 2.01. The number of nitrogens with one attached hydrogen (secondary N) is 1. The molecule has 124 valence electrons. The predicted octanol–water partition coefficient (Wildman–Crippen LogP) is 4.66. The summed E-state index contributed by atoms with van der Waals surface area (Å²) in [5, 5.41) is 8.33. The number of anilines is 2. The molecule has 0 saturated heterocycles. The lowest BCUT2D eigenvalue weighted by molar-refractivity contribution is 0.625. The third-order valence-corrected chi connectivity index (χ3v) is 3.90. The summed E-state index contributed by atoms with van der Waals surface area (Å²) in [4.78, 5) is 8.52. The van der Waals surface area contributed by atoms with Gasteiger partial charge < -0.3 is 5.32 Å². The first-order valence-corrected chi connectivity index (χ1v) is 7.99. The van der Waals surface area contributed by atoms with Crippen LogP contribution < -0.4 is 5.32 Å². The topological polar surface area (TPSA) is 55.6 Å². The Morgan fingerprint density at radius 1 is 1.08 bits per heavy atom. The molecule has 0 fully saturated rings. The molecule has 2 aromatic carbocycles. The molecule has 5 nitrogen and oxygen atoms in total. The second kappa shape index (κ2) is 6.14. The fraction of sp³-hybridized carbons (Fsp3) is 0.0556. The van der Waals surface area contributed by atoms with Crippen LogP contribution in [-0.4, -0.2) is 19.7 Å². The van der Waals surface area contributed by atoms with Crippen LogP contribution in [0, 0.1) is 12.7 Å². The molecule has 0 amide bonds. The van der Waals surface area contributed by atoms with Crippen molar-refractivity contribution in [2.24, 2.45) is 0 Å². The second-order valence-electron chi connectivity index (χ2n) is 5.61. The van der Waals surface area contributed by atoms with Crippen molar-refractivity contribution in [3.8, 4) is 5.69 Å². The van der Waals surface area contributed by atoms with Gasteiger partial charge in [-0.3, -0.25) is 0 Å². The molecular formula is C18H13ClFN5. The fourth-order valence-electron chi connectivity index (χ4n) is 2.63. The zero-order valence-corrected chi connectivity index (χ0v) is 14.0. The van der Waals surface area contributed by atoms with Crippen molar-refractivity contribution in [2.45, 2.75) is 6.92 Å². The molecule has 2 heterocycles. The Balaban J connectivity index is 1.84. The van der Waals surface area contributed by atoms with Crippen LogP contribution >= 0.6 is 11.6 Å². The molecule has 0 radical (unpaired) electrons. The first-order chi connectivity index (χ1) is 12.1. The van der Waals surface area contributed by atoms with E-state index in [-0.39, 0.29) is 11.1 Å². The summed E-state index contributed by atoms with van der Waals surface area (Å²) in [6, 6.07) is 14.0. The summed E-state index contributed by atoms with van der Waals surface area (Å²) in [6.07, 6.45) is 1.63. The highest BCUT2D eigenvalue weighted by Crippen LogP contribution is 2.27. The van der Waals surface area contributed by atoms with Crippen molar-refractivity contribution in [2.75, 3.05) is 5.32 Å². The smallest absolute Gasteiger partial charge is 0.226 e. The van der Waals surface area contributed by atoms with Gasteiger partial charge in [0.1, 0.15) is 11.6 Å². The Hall–Kier alpha value is -2.99. The van der Waals surface area contributed by atoms with Gasteiger partial charge in [-0.15, -0.1) is 0 Å². The molecule has 0 unspecified atom stereocenters. The third-order valence-electron chi connectivity index (χ3n) is 3.73. The molecule has 4 rings (SSSR count). The van der Waals surface area contributed by atoms with Crippen molar-refractivity contribution in [1.82, 2.24) is 19.7 Å². The van der Waals surface area contributed by atoms with Gasteiger partial charge in [0.05, 0.1) is 17.3 Å². The number of aromatic nitrogens is 4. The minimum atomic E-state index is -0.348. The van der Waals surface area contributed by atoms with Crippen LogP contribution in [0.4, 0.5) is 15.9 Å². The maximum atomic E-state index is 13.5. The van der Waals surface area contributed by atoms with E-state index in [4.69, 9.17) is 11.6 Å². The summed E-state index contributed by atoms with van der Waals surface area (Å²) in [5.74, 6) is 0.197. The zero-order valence-electron chi connectivity index (χ0n) is 13.2. The lowest BCUT2D eigenvalue weighted by Crippen LogP contribution is -2.01. The molecule has 0 spiro atoms. The summed E-state index contributed by atoms with van der Waals surface area (Å²) in [5.41, 5.74) is 3.07. The summed E-state index contributed by atoms with van der Waals surface area (Å²) < 4.78 is 15.1. The first kappa shape index (κ1) is 15.5. The number of halogens is 2. The van der Waals surface area contributed by atoms with Crippen molar-refractivity contribution in [3.63, 3.8) is 0 Å². The highest BCUT2D eigenvalue weighted by atomic mass is 35.5. The molecular weight excluding hydrogens is 341 g/mol. The van der Waals surface area contributed by atoms with Crippen LogP contribution in [-0.2, 0) is 0 Å². The minimum Gasteiger partial charge on any atom is -0.339 e. The maximum Gasteiger partial charge on any atom is 0.226 e. The van der Waals surface area contributed by atoms with E-state index in [1.807, 2.05) is 31.2 Å². The Labute approximate surface area is 148 Å². The quantitative estimate of drug-likeness (QED) is 0.544. The summed E-state index contributed by atoms with van der Waals surface area (Å²) >= 11 is 6.09. The number of benzene rings is 2. The average Bonchev–Trinajstić information content (AvgIpc) is 2.99. The molecule has 0 aliphatic heterocycles. The number of nitrogens with zero attached hydrogens (tertiary/aromatic N) is 4. The van der Waals surface area contributed by atoms with Gasteiger partial charge in [-0.25, -0.2) is 9.07 Å². The van der Waals surface area contributed by atoms with Gasteiger partial charge in [-0.05, 0) is 54.4 Å². The standard InChI is InChI=1S/C18H13ClFN5/c1-11-4-2-6-13(8-11)22-16-15-10-21-25(17(15)24-18(19)23-16)14-7-3-5-12(20)9-14/h2-10H,1H3,(H,22,23,24). The SMILES string of the molecule is Cc1cccc(Nc2nc(Cl)nc3c2cnn3-c2cccc(F)c2)c1. The van der Waals surface area contributed by atoms with Gasteiger partial charge in [0.15, 0.2) is 5.65 Å². The van der Waals surface area contributed by atoms with E-state index in [0.717, 1.165) is 11.3 Å². The minimum absolute atomic E-state index is 0.0841. The lowest BCUT2D eigenvalue weighted by atomic mass is 10.2. The molecule has 1 N–H and O–H groups in total. The second-order valence-corrected chi connectivity index (χ2v) is 5.95. The fourth-order valence-corrected chi connectivity index (χ4v) is 2.80. The largest absolute Gasteiger partial charge is 0.339 e. The van der Waals surface area contributed by atoms with Crippen LogP contribution in [0.2, 0.25) is 5.28 Å². The summed E-state index contributed by atoms with van der Waals surface area (Å²) in [7, 11) is 0. The molecule has 0 atom stereocenters. The van der Waals surface area contributed by atoms with Crippen LogP contribution in [0.15, 0.2) is 54.7 Å². The first-order valence-electron chi connectivity index (χ1n) is 7.61. The molecule has 0 aliphatic carbocycles. The van der Waals surface area contributed by atoms with E-state index >= 15 is 0 Å². The van der Waals surface area contributed by atoms with Gasteiger partial charge in [-0.2, -0.15) is 15.1 Å². The van der Waals surface area contributed by atoms with Crippen molar-refractivity contribution < 1.29 is 4.39 Å². The third kappa shape index (κ3) is 3.04. The van der Waals surface area contributed by atoms with Crippen LogP contribution in [0.25, 0.3) is 16.7 Å². The van der Waals surface area contributed by atoms with Crippen molar-refractivity contribution >= 4 is 34.1 Å². The number of rotatable bonds is 3. The molecule has 0 aliphatic rings. The van der Waals surface area contributed by atoms with E-state index < -0.39 is 0 Å².